The number of aliphatic hydroxyl groups excluding tert-OH is 2. The van der Waals surface area contributed by atoms with E-state index in [4.69, 9.17) is 20.7 Å². The Morgan fingerprint density at radius 3 is 3.00 bits per heavy atom. The fourth-order valence-corrected chi connectivity index (χ4v) is 2.34. The Morgan fingerprint density at radius 2 is 2.38 bits per heavy atom. The molecule has 0 bridgehead atoms. The number of thioether (sulfide) groups is 1. The molecule has 0 amide bonds. The molecule has 1 saturated heterocycles. The second-order valence-electron chi connectivity index (χ2n) is 3.24. The third-order valence-corrected chi connectivity index (χ3v) is 3.56. The highest BCUT2D eigenvalue weighted by Gasteiger charge is 2.23. The molecule has 5 heteroatoms. The van der Waals surface area contributed by atoms with Gasteiger partial charge in [-0.05, 0) is 6.42 Å². The number of aliphatic hydroxyl groups is 2. The Hall–Kier alpha value is 0.190. The van der Waals surface area contributed by atoms with Crippen molar-refractivity contribution in [2.75, 3.05) is 25.6 Å². The number of nitrogens with two attached hydrogens (primary N) is 1. The summed E-state index contributed by atoms with van der Waals surface area (Å²) >= 11 is 1.58. The van der Waals surface area contributed by atoms with E-state index in [0.29, 0.717) is 12.4 Å². The Bertz CT molecular complexity index is 147. The molecule has 1 fully saturated rings. The summed E-state index contributed by atoms with van der Waals surface area (Å²) in [7, 11) is 0. The fraction of sp³-hybridized carbons (Fsp3) is 1.00. The normalized spacial score (nSPS) is 31.6. The minimum Gasteiger partial charge on any atom is -0.394 e. The highest BCUT2D eigenvalue weighted by molar-refractivity contribution is 8.00. The lowest BCUT2D eigenvalue weighted by Crippen LogP contribution is -2.41. The van der Waals surface area contributed by atoms with Crippen molar-refractivity contribution in [3.63, 3.8) is 0 Å². The van der Waals surface area contributed by atoms with Crippen LogP contribution in [0.3, 0.4) is 0 Å². The summed E-state index contributed by atoms with van der Waals surface area (Å²) < 4.78 is 5.27. The first kappa shape index (κ1) is 11.3. The first-order valence-corrected chi connectivity index (χ1v) is 5.52. The van der Waals surface area contributed by atoms with Gasteiger partial charge in [-0.3, -0.25) is 0 Å². The average molecular weight is 207 g/mol. The van der Waals surface area contributed by atoms with Gasteiger partial charge in [0.1, 0.15) is 0 Å². The van der Waals surface area contributed by atoms with Gasteiger partial charge in [-0.2, -0.15) is 11.8 Å². The van der Waals surface area contributed by atoms with E-state index in [0.717, 1.165) is 13.0 Å². The van der Waals surface area contributed by atoms with Crippen molar-refractivity contribution in [1.29, 1.82) is 0 Å². The lowest BCUT2D eigenvalue weighted by Gasteiger charge is -2.28. The molecule has 0 aromatic heterocycles. The van der Waals surface area contributed by atoms with Crippen molar-refractivity contribution in [2.45, 2.75) is 23.8 Å². The topological polar surface area (TPSA) is 75.7 Å². The van der Waals surface area contributed by atoms with Crippen LogP contribution in [0.5, 0.6) is 0 Å². The van der Waals surface area contributed by atoms with E-state index in [2.05, 4.69) is 0 Å². The zero-order chi connectivity index (χ0) is 9.68. The quantitative estimate of drug-likeness (QED) is 0.562. The minimum absolute atomic E-state index is 0.157. The molecule has 0 aliphatic carbocycles. The lowest BCUT2D eigenvalue weighted by atomic mass is 10.1. The van der Waals surface area contributed by atoms with Gasteiger partial charge in [-0.1, -0.05) is 0 Å². The molecule has 13 heavy (non-hydrogen) atoms. The van der Waals surface area contributed by atoms with Crippen LogP contribution in [0.2, 0.25) is 0 Å². The molecule has 1 heterocycles. The third-order valence-electron chi connectivity index (χ3n) is 2.07. The predicted molar refractivity (Wildman–Crippen MR) is 52.8 cm³/mol. The first-order chi connectivity index (χ1) is 6.24. The zero-order valence-electron chi connectivity index (χ0n) is 7.56. The molecule has 0 aromatic rings. The third kappa shape index (κ3) is 3.83. The zero-order valence-corrected chi connectivity index (χ0v) is 8.37. The van der Waals surface area contributed by atoms with Gasteiger partial charge in [0.15, 0.2) is 0 Å². The summed E-state index contributed by atoms with van der Waals surface area (Å²) in [5.74, 6) is 0.526. The standard InChI is InChI=1S/C8H17NO3S/c9-7-1-2-12-4-8(7)13-5-6(11)3-10/h6-8,10-11H,1-5,9H2. The molecular weight excluding hydrogens is 190 g/mol. The maximum Gasteiger partial charge on any atom is 0.0861 e. The van der Waals surface area contributed by atoms with Crippen LogP contribution in [0.25, 0.3) is 0 Å². The van der Waals surface area contributed by atoms with Crippen LogP contribution in [-0.2, 0) is 4.74 Å². The second-order valence-corrected chi connectivity index (χ2v) is 4.51. The summed E-state index contributed by atoms with van der Waals surface area (Å²) in [5, 5.41) is 18.0. The van der Waals surface area contributed by atoms with Gasteiger partial charge in [0.2, 0.25) is 0 Å². The Labute approximate surface area is 82.5 Å². The molecule has 4 nitrogen and oxygen atoms in total. The number of hydrogen-bond donors (Lipinski definition) is 3. The van der Waals surface area contributed by atoms with E-state index < -0.39 is 6.10 Å². The summed E-state index contributed by atoms with van der Waals surface area (Å²) in [6, 6.07) is 0.157. The monoisotopic (exact) mass is 207 g/mol. The number of hydrogen-bond acceptors (Lipinski definition) is 5. The van der Waals surface area contributed by atoms with Crippen LogP contribution in [0.15, 0.2) is 0 Å². The molecule has 0 saturated carbocycles. The summed E-state index contributed by atoms with van der Waals surface area (Å²) in [4.78, 5) is 0. The maximum absolute atomic E-state index is 9.12. The van der Waals surface area contributed by atoms with E-state index >= 15 is 0 Å². The van der Waals surface area contributed by atoms with Gasteiger partial charge in [-0.25, -0.2) is 0 Å². The van der Waals surface area contributed by atoms with Crippen LogP contribution in [0.1, 0.15) is 6.42 Å². The summed E-state index contributed by atoms with van der Waals surface area (Å²) in [6.45, 7) is 1.21. The lowest BCUT2D eigenvalue weighted by molar-refractivity contribution is 0.0904. The van der Waals surface area contributed by atoms with Crippen molar-refractivity contribution in [3.8, 4) is 0 Å². The van der Waals surface area contributed by atoms with Crippen LogP contribution in [0, 0.1) is 0 Å². The molecule has 3 unspecified atom stereocenters. The van der Waals surface area contributed by atoms with Crippen LogP contribution in [-0.4, -0.2) is 53.2 Å². The summed E-state index contributed by atoms with van der Waals surface area (Å²) in [6.07, 6.45) is 0.242. The van der Waals surface area contributed by atoms with Gasteiger partial charge in [0.25, 0.3) is 0 Å². The molecule has 3 atom stereocenters. The molecular formula is C8H17NO3S. The molecule has 1 aliphatic rings. The van der Waals surface area contributed by atoms with E-state index in [9.17, 15) is 0 Å². The van der Waals surface area contributed by atoms with E-state index in [1.807, 2.05) is 0 Å². The van der Waals surface area contributed by atoms with Crippen LogP contribution in [0.4, 0.5) is 0 Å². The SMILES string of the molecule is NC1CCOCC1SCC(O)CO. The van der Waals surface area contributed by atoms with Gasteiger partial charge in [-0.15, -0.1) is 0 Å². The molecule has 1 aliphatic heterocycles. The van der Waals surface area contributed by atoms with E-state index in [1.165, 1.54) is 0 Å². The highest BCUT2D eigenvalue weighted by atomic mass is 32.2. The second kappa shape index (κ2) is 5.82. The Morgan fingerprint density at radius 1 is 1.62 bits per heavy atom. The molecule has 4 N–H and O–H groups in total. The minimum atomic E-state index is -0.640. The predicted octanol–water partition coefficient (Wildman–Crippen LogP) is -0.811. The van der Waals surface area contributed by atoms with Gasteiger partial charge in [0, 0.05) is 23.7 Å². The smallest absolute Gasteiger partial charge is 0.0861 e. The fourth-order valence-electron chi connectivity index (χ4n) is 1.19. The van der Waals surface area contributed by atoms with Crippen molar-refractivity contribution in [2.24, 2.45) is 5.73 Å². The van der Waals surface area contributed by atoms with E-state index in [-0.39, 0.29) is 17.9 Å². The average Bonchev–Trinajstić information content (AvgIpc) is 2.16. The maximum atomic E-state index is 9.12. The van der Waals surface area contributed by atoms with Crippen molar-refractivity contribution >= 4 is 11.8 Å². The van der Waals surface area contributed by atoms with Crippen molar-refractivity contribution in [1.82, 2.24) is 0 Å². The first-order valence-electron chi connectivity index (χ1n) is 4.48. The number of rotatable bonds is 4. The Balaban J connectivity index is 2.18. The van der Waals surface area contributed by atoms with Gasteiger partial charge in [0.05, 0.1) is 19.3 Å². The van der Waals surface area contributed by atoms with Crippen molar-refractivity contribution in [3.05, 3.63) is 0 Å². The molecule has 1 rings (SSSR count). The Kier molecular flexibility index (Phi) is 5.05. The summed E-state index contributed by atoms with van der Waals surface area (Å²) in [5.41, 5.74) is 5.86. The van der Waals surface area contributed by atoms with E-state index in [1.54, 1.807) is 11.8 Å². The highest BCUT2D eigenvalue weighted by Crippen LogP contribution is 2.20. The van der Waals surface area contributed by atoms with Crippen LogP contribution >= 0.6 is 11.8 Å². The van der Waals surface area contributed by atoms with Gasteiger partial charge < -0.3 is 20.7 Å². The van der Waals surface area contributed by atoms with Crippen LogP contribution < -0.4 is 5.73 Å². The molecule has 78 valence electrons. The van der Waals surface area contributed by atoms with Gasteiger partial charge >= 0.3 is 0 Å². The van der Waals surface area contributed by atoms with Crippen molar-refractivity contribution < 1.29 is 14.9 Å². The number of ether oxygens (including phenoxy) is 1. The molecule has 0 aromatic carbocycles. The molecule has 0 spiro atoms. The largest absolute Gasteiger partial charge is 0.394 e. The molecule has 0 radical (unpaired) electrons.